The Labute approximate surface area is 168 Å². The minimum atomic E-state index is -0.946. The Hall–Kier alpha value is -2.68. The van der Waals surface area contributed by atoms with Gasteiger partial charge in [-0.2, -0.15) is 11.8 Å². The van der Waals surface area contributed by atoms with Gasteiger partial charge in [0.1, 0.15) is 12.1 Å². The molecular weight excluding hydrogens is 380 g/mol. The van der Waals surface area contributed by atoms with E-state index in [1.165, 1.54) is 18.7 Å². The van der Waals surface area contributed by atoms with Crippen LogP contribution in [0.25, 0.3) is 0 Å². The van der Waals surface area contributed by atoms with Gasteiger partial charge in [-0.1, -0.05) is 30.3 Å². The second-order valence-corrected chi connectivity index (χ2v) is 7.03. The Morgan fingerprint density at radius 1 is 1.07 bits per heavy atom. The van der Waals surface area contributed by atoms with Crippen LogP contribution in [0.2, 0.25) is 0 Å². The van der Waals surface area contributed by atoms with Gasteiger partial charge in [-0.3, -0.25) is 19.2 Å². The van der Waals surface area contributed by atoms with Gasteiger partial charge in [0.15, 0.2) is 5.78 Å². The Morgan fingerprint density at radius 3 is 2.32 bits per heavy atom. The lowest BCUT2D eigenvalue weighted by molar-refractivity contribution is -0.131. The van der Waals surface area contributed by atoms with E-state index >= 15 is 0 Å². The number of hydrogen-bond acceptors (Lipinski definition) is 6. The van der Waals surface area contributed by atoms with E-state index in [0.717, 1.165) is 5.56 Å². The standard InChI is InChI=1S/C19H26N4O4S/c1-13(24)22-17(12-28-2)19(27)23-16(9-8-15(25)10-20)18(26)21-11-14-6-4-3-5-7-14/h3-7,10,16-17,20H,8-9,11-12H2,1-2H3,(H,21,26)(H,22,24)(H,23,27)/t16-,17-/m0/s1. The van der Waals surface area contributed by atoms with E-state index < -0.39 is 29.7 Å². The number of thioether (sulfide) groups is 1. The molecule has 9 heteroatoms. The van der Waals surface area contributed by atoms with E-state index in [1.807, 2.05) is 30.3 Å². The van der Waals surface area contributed by atoms with Crippen molar-refractivity contribution < 1.29 is 19.2 Å². The molecule has 8 nitrogen and oxygen atoms in total. The Bertz CT molecular complexity index is 696. The van der Waals surface area contributed by atoms with Crippen LogP contribution in [0.4, 0.5) is 0 Å². The van der Waals surface area contributed by atoms with Gasteiger partial charge >= 0.3 is 0 Å². The quantitative estimate of drug-likeness (QED) is 0.379. The number of ketones is 1. The van der Waals surface area contributed by atoms with Crippen molar-refractivity contribution in [3.05, 3.63) is 35.9 Å². The van der Waals surface area contributed by atoms with Crippen molar-refractivity contribution in [1.29, 1.82) is 5.41 Å². The van der Waals surface area contributed by atoms with Crippen molar-refractivity contribution in [2.45, 2.75) is 38.4 Å². The number of carbonyl (C=O) groups is 4. The molecular formula is C19H26N4O4S. The van der Waals surface area contributed by atoms with E-state index in [1.54, 1.807) is 6.26 Å². The van der Waals surface area contributed by atoms with E-state index in [0.29, 0.717) is 12.0 Å². The summed E-state index contributed by atoms with van der Waals surface area (Å²) < 4.78 is 0. The van der Waals surface area contributed by atoms with Crippen molar-refractivity contribution in [2.24, 2.45) is 0 Å². The van der Waals surface area contributed by atoms with Gasteiger partial charge in [-0.25, -0.2) is 0 Å². The lowest BCUT2D eigenvalue weighted by atomic mass is 10.1. The van der Waals surface area contributed by atoms with Crippen molar-refractivity contribution in [1.82, 2.24) is 16.0 Å². The Kier molecular flexibility index (Phi) is 10.6. The first-order chi connectivity index (χ1) is 13.4. The van der Waals surface area contributed by atoms with Crippen LogP contribution in [-0.4, -0.2) is 53.8 Å². The molecule has 0 aliphatic rings. The fourth-order valence-corrected chi connectivity index (χ4v) is 2.97. The molecule has 0 aliphatic heterocycles. The average Bonchev–Trinajstić information content (AvgIpc) is 2.68. The van der Waals surface area contributed by atoms with Crippen LogP contribution in [0.5, 0.6) is 0 Å². The molecule has 0 saturated heterocycles. The van der Waals surface area contributed by atoms with Gasteiger partial charge in [-0.15, -0.1) is 0 Å². The lowest BCUT2D eigenvalue weighted by Crippen LogP contribution is -2.54. The first-order valence-electron chi connectivity index (χ1n) is 8.78. The SMILES string of the molecule is CSC[C@H](NC(C)=O)C(=O)N[C@@H](CCC(=O)C=N)C(=O)NCc1ccccc1. The predicted octanol–water partition coefficient (Wildman–Crippen LogP) is 0.654. The number of rotatable bonds is 12. The molecule has 1 rings (SSSR count). The molecule has 0 heterocycles. The van der Waals surface area contributed by atoms with E-state index in [2.05, 4.69) is 16.0 Å². The molecule has 0 radical (unpaired) electrons. The highest BCUT2D eigenvalue weighted by Gasteiger charge is 2.26. The fraction of sp³-hybridized carbons (Fsp3) is 0.421. The molecule has 0 unspecified atom stereocenters. The second kappa shape index (κ2) is 12.7. The summed E-state index contributed by atoms with van der Waals surface area (Å²) in [6.45, 7) is 1.60. The molecule has 1 aromatic carbocycles. The molecule has 0 fully saturated rings. The van der Waals surface area contributed by atoms with Gasteiger partial charge < -0.3 is 21.4 Å². The van der Waals surface area contributed by atoms with Gasteiger partial charge in [0.05, 0.1) is 6.21 Å². The number of amides is 3. The maximum absolute atomic E-state index is 12.6. The normalized spacial score (nSPS) is 12.4. The van der Waals surface area contributed by atoms with Gasteiger partial charge in [0.2, 0.25) is 17.7 Å². The van der Waals surface area contributed by atoms with Crippen LogP contribution in [0, 0.1) is 5.41 Å². The summed E-state index contributed by atoms with van der Waals surface area (Å²) in [4.78, 5) is 47.8. The molecule has 4 N–H and O–H groups in total. The van der Waals surface area contributed by atoms with Crippen LogP contribution in [0.15, 0.2) is 30.3 Å². The van der Waals surface area contributed by atoms with Crippen molar-refractivity contribution in [2.75, 3.05) is 12.0 Å². The van der Waals surface area contributed by atoms with Crippen LogP contribution < -0.4 is 16.0 Å². The molecule has 3 amide bonds. The zero-order valence-corrected chi connectivity index (χ0v) is 16.8. The summed E-state index contributed by atoms with van der Waals surface area (Å²) in [7, 11) is 0. The first-order valence-corrected chi connectivity index (χ1v) is 10.2. The summed E-state index contributed by atoms with van der Waals surface area (Å²) in [6, 6.07) is 7.56. The van der Waals surface area contributed by atoms with Gasteiger partial charge in [0, 0.05) is 25.6 Å². The Balaban J connectivity index is 2.79. The molecule has 0 spiro atoms. The van der Waals surface area contributed by atoms with Gasteiger partial charge in [-0.05, 0) is 18.2 Å². The summed E-state index contributed by atoms with van der Waals surface area (Å²) in [5.41, 5.74) is 0.898. The highest BCUT2D eigenvalue weighted by molar-refractivity contribution is 7.98. The minimum Gasteiger partial charge on any atom is -0.350 e. The maximum Gasteiger partial charge on any atom is 0.244 e. The van der Waals surface area contributed by atoms with Crippen molar-refractivity contribution >= 4 is 41.5 Å². The number of benzene rings is 1. The molecule has 2 atom stereocenters. The number of Topliss-reactive ketones (excluding diaryl/α,β-unsaturated/α-hetero) is 1. The van der Waals surface area contributed by atoms with E-state index in [4.69, 9.17) is 5.41 Å². The second-order valence-electron chi connectivity index (χ2n) is 6.12. The average molecular weight is 407 g/mol. The van der Waals surface area contributed by atoms with Crippen LogP contribution >= 0.6 is 11.8 Å². The molecule has 0 aromatic heterocycles. The van der Waals surface area contributed by atoms with Gasteiger partial charge in [0.25, 0.3) is 0 Å². The van der Waals surface area contributed by atoms with Crippen LogP contribution in [0.1, 0.15) is 25.3 Å². The largest absolute Gasteiger partial charge is 0.350 e. The highest BCUT2D eigenvalue weighted by atomic mass is 32.2. The number of nitrogens with one attached hydrogen (secondary N) is 4. The molecule has 0 bridgehead atoms. The summed E-state index contributed by atoms with van der Waals surface area (Å²) >= 11 is 1.38. The molecule has 0 aliphatic carbocycles. The first kappa shape index (κ1) is 23.4. The summed E-state index contributed by atoms with van der Waals surface area (Å²) in [5.74, 6) is -1.35. The highest BCUT2D eigenvalue weighted by Crippen LogP contribution is 2.04. The minimum absolute atomic E-state index is 0.0411. The van der Waals surface area contributed by atoms with E-state index in [9.17, 15) is 19.2 Å². The third kappa shape index (κ3) is 8.81. The zero-order chi connectivity index (χ0) is 20.9. The molecule has 152 valence electrons. The van der Waals surface area contributed by atoms with Crippen LogP contribution in [-0.2, 0) is 25.7 Å². The lowest BCUT2D eigenvalue weighted by Gasteiger charge is -2.22. The molecule has 0 saturated carbocycles. The zero-order valence-electron chi connectivity index (χ0n) is 16.0. The smallest absolute Gasteiger partial charge is 0.244 e. The summed E-state index contributed by atoms with van der Waals surface area (Å²) in [5, 5.41) is 14.9. The van der Waals surface area contributed by atoms with Crippen molar-refractivity contribution in [3.8, 4) is 0 Å². The van der Waals surface area contributed by atoms with Crippen molar-refractivity contribution in [3.63, 3.8) is 0 Å². The maximum atomic E-state index is 12.6. The third-order valence-corrected chi connectivity index (χ3v) is 4.48. The summed E-state index contributed by atoms with van der Waals surface area (Å²) in [6.07, 6.45) is 2.51. The predicted molar refractivity (Wildman–Crippen MR) is 109 cm³/mol. The fourth-order valence-electron chi connectivity index (χ4n) is 2.40. The molecule has 28 heavy (non-hydrogen) atoms. The number of hydrogen-bond donors (Lipinski definition) is 4. The number of carbonyl (C=O) groups excluding carboxylic acids is 4. The Morgan fingerprint density at radius 2 is 1.75 bits per heavy atom. The topological polar surface area (TPSA) is 128 Å². The monoisotopic (exact) mass is 406 g/mol. The van der Waals surface area contributed by atoms with E-state index in [-0.39, 0.29) is 25.3 Å². The third-order valence-electron chi connectivity index (χ3n) is 3.81. The molecule has 1 aromatic rings. The van der Waals surface area contributed by atoms with Crippen LogP contribution in [0.3, 0.4) is 0 Å².